The number of aromatic amines is 1. The lowest BCUT2D eigenvalue weighted by Gasteiger charge is -2.06. The summed E-state index contributed by atoms with van der Waals surface area (Å²) >= 11 is 0. The Morgan fingerprint density at radius 2 is 1.84 bits per heavy atom. The second-order valence-electron chi connectivity index (χ2n) is 4.58. The van der Waals surface area contributed by atoms with Gasteiger partial charge in [0.05, 0.1) is 5.69 Å². The molecule has 1 heterocycles. The third-order valence-electron chi connectivity index (χ3n) is 3.15. The Hall–Kier alpha value is -2.42. The molecule has 3 aromatic rings. The molecule has 0 unspecified atom stereocenters. The SMILES string of the molecule is Cc1ccc2[nH]c(-c3ccccc3F)cc(=O)c2c1. The monoisotopic (exact) mass is 253 g/mol. The molecular weight excluding hydrogens is 241 g/mol. The van der Waals surface area contributed by atoms with Crippen LogP contribution in [0.2, 0.25) is 0 Å². The van der Waals surface area contributed by atoms with E-state index in [1.165, 1.54) is 12.1 Å². The molecule has 0 saturated heterocycles. The molecule has 2 nitrogen and oxygen atoms in total. The predicted molar refractivity (Wildman–Crippen MR) is 74.7 cm³/mol. The number of pyridine rings is 1. The van der Waals surface area contributed by atoms with Crippen LogP contribution in [0.25, 0.3) is 22.2 Å². The number of aryl methyl sites for hydroxylation is 1. The minimum atomic E-state index is -0.343. The van der Waals surface area contributed by atoms with Crippen LogP contribution in [0, 0.1) is 12.7 Å². The number of hydrogen-bond acceptors (Lipinski definition) is 1. The van der Waals surface area contributed by atoms with Gasteiger partial charge in [-0.1, -0.05) is 23.8 Å². The number of fused-ring (bicyclic) bond motifs is 1. The minimum absolute atomic E-state index is 0.101. The Kier molecular flexibility index (Phi) is 2.67. The molecule has 2 aromatic carbocycles. The third-order valence-corrected chi connectivity index (χ3v) is 3.15. The van der Waals surface area contributed by atoms with Crippen molar-refractivity contribution in [1.82, 2.24) is 4.98 Å². The van der Waals surface area contributed by atoms with Crippen molar-refractivity contribution in [1.29, 1.82) is 0 Å². The van der Waals surface area contributed by atoms with Gasteiger partial charge in [-0.3, -0.25) is 4.79 Å². The van der Waals surface area contributed by atoms with Crippen LogP contribution in [-0.2, 0) is 0 Å². The standard InChI is InChI=1S/C16H12FNO/c1-10-6-7-14-12(8-10)16(19)9-15(18-14)11-4-2-3-5-13(11)17/h2-9H,1H3,(H,18,19). The smallest absolute Gasteiger partial charge is 0.190 e. The summed E-state index contributed by atoms with van der Waals surface area (Å²) in [5.74, 6) is -0.343. The molecule has 1 N–H and O–H groups in total. The quantitative estimate of drug-likeness (QED) is 0.705. The van der Waals surface area contributed by atoms with Gasteiger partial charge in [0, 0.05) is 22.5 Å². The molecule has 0 saturated carbocycles. The molecule has 0 aliphatic heterocycles. The Bertz CT molecular complexity index is 820. The minimum Gasteiger partial charge on any atom is -0.354 e. The maximum absolute atomic E-state index is 13.7. The Morgan fingerprint density at radius 3 is 2.63 bits per heavy atom. The van der Waals surface area contributed by atoms with Crippen LogP contribution in [-0.4, -0.2) is 4.98 Å². The van der Waals surface area contributed by atoms with E-state index in [4.69, 9.17) is 0 Å². The first-order chi connectivity index (χ1) is 9.15. The number of aromatic nitrogens is 1. The zero-order valence-electron chi connectivity index (χ0n) is 10.4. The van der Waals surface area contributed by atoms with Crippen molar-refractivity contribution in [2.75, 3.05) is 0 Å². The van der Waals surface area contributed by atoms with Gasteiger partial charge in [0.25, 0.3) is 0 Å². The zero-order valence-corrected chi connectivity index (χ0v) is 10.4. The molecule has 0 amide bonds. The summed E-state index contributed by atoms with van der Waals surface area (Å²) in [6, 6.07) is 13.4. The van der Waals surface area contributed by atoms with E-state index >= 15 is 0 Å². The normalized spacial score (nSPS) is 10.8. The van der Waals surface area contributed by atoms with Crippen LogP contribution in [0.5, 0.6) is 0 Å². The molecule has 19 heavy (non-hydrogen) atoms. The fraction of sp³-hybridized carbons (Fsp3) is 0.0625. The fourth-order valence-electron chi connectivity index (χ4n) is 2.19. The number of H-pyrrole nitrogens is 1. The highest BCUT2D eigenvalue weighted by Gasteiger charge is 2.07. The number of halogens is 1. The summed E-state index contributed by atoms with van der Waals surface area (Å²) in [5.41, 5.74) is 2.55. The second kappa shape index (κ2) is 4.35. The van der Waals surface area contributed by atoms with Crippen LogP contribution < -0.4 is 5.43 Å². The van der Waals surface area contributed by atoms with Crippen molar-refractivity contribution in [2.24, 2.45) is 0 Å². The molecule has 3 rings (SSSR count). The maximum Gasteiger partial charge on any atom is 0.190 e. The summed E-state index contributed by atoms with van der Waals surface area (Å²) in [7, 11) is 0. The van der Waals surface area contributed by atoms with E-state index in [1.807, 2.05) is 25.1 Å². The van der Waals surface area contributed by atoms with Crippen LogP contribution in [0.4, 0.5) is 4.39 Å². The van der Waals surface area contributed by atoms with E-state index in [0.717, 1.165) is 11.1 Å². The first-order valence-corrected chi connectivity index (χ1v) is 6.04. The van der Waals surface area contributed by atoms with Gasteiger partial charge in [0.1, 0.15) is 5.82 Å². The number of hydrogen-bond donors (Lipinski definition) is 1. The molecule has 0 spiro atoms. The first-order valence-electron chi connectivity index (χ1n) is 6.04. The number of rotatable bonds is 1. The predicted octanol–water partition coefficient (Wildman–Crippen LogP) is 3.64. The summed E-state index contributed by atoms with van der Waals surface area (Å²) in [6.07, 6.45) is 0. The van der Waals surface area contributed by atoms with E-state index < -0.39 is 0 Å². The molecule has 0 aliphatic rings. The van der Waals surface area contributed by atoms with E-state index in [1.54, 1.807) is 18.2 Å². The van der Waals surface area contributed by atoms with E-state index in [2.05, 4.69) is 4.98 Å². The van der Waals surface area contributed by atoms with Crippen LogP contribution in [0.3, 0.4) is 0 Å². The summed E-state index contributed by atoms with van der Waals surface area (Å²) in [6.45, 7) is 1.93. The Morgan fingerprint density at radius 1 is 1.05 bits per heavy atom. The average molecular weight is 253 g/mol. The average Bonchev–Trinajstić information content (AvgIpc) is 2.40. The fourth-order valence-corrected chi connectivity index (χ4v) is 2.19. The van der Waals surface area contributed by atoms with Gasteiger partial charge >= 0.3 is 0 Å². The number of nitrogens with one attached hydrogen (secondary N) is 1. The maximum atomic E-state index is 13.7. The molecule has 0 atom stereocenters. The van der Waals surface area contributed by atoms with E-state index in [-0.39, 0.29) is 11.2 Å². The van der Waals surface area contributed by atoms with Crippen LogP contribution in [0.15, 0.2) is 53.3 Å². The van der Waals surface area contributed by atoms with Crippen molar-refractivity contribution < 1.29 is 4.39 Å². The summed E-state index contributed by atoms with van der Waals surface area (Å²) < 4.78 is 13.7. The molecule has 0 bridgehead atoms. The highest BCUT2D eigenvalue weighted by atomic mass is 19.1. The molecule has 0 fully saturated rings. The van der Waals surface area contributed by atoms with Gasteiger partial charge in [-0.25, -0.2) is 4.39 Å². The van der Waals surface area contributed by atoms with Gasteiger partial charge in [0.2, 0.25) is 0 Å². The Labute approximate surface area is 109 Å². The summed E-state index contributed by atoms with van der Waals surface area (Å²) in [5, 5.41) is 0.625. The van der Waals surface area contributed by atoms with Gasteiger partial charge in [-0.2, -0.15) is 0 Å². The van der Waals surface area contributed by atoms with Crippen molar-refractivity contribution >= 4 is 10.9 Å². The topological polar surface area (TPSA) is 32.9 Å². The van der Waals surface area contributed by atoms with Crippen molar-refractivity contribution in [3.8, 4) is 11.3 Å². The lowest BCUT2D eigenvalue weighted by Crippen LogP contribution is -2.03. The molecular formula is C16H12FNO. The van der Waals surface area contributed by atoms with Gasteiger partial charge in [0.15, 0.2) is 5.43 Å². The zero-order chi connectivity index (χ0) is 13.4. The molecule has 94 valence electrons. The Balaban J connectivity index is 2.31. The first kappa shape index (κ1) is 11.7. The van der Waals surface area contributed by atoms with Gasteiger partial charge < -0.3 is 4.98 Å². The second-order valence-corrected chi connectivity index (χ2v) is 4.58. The van der Waals surface area contributed by atoms with E-state index in [0.29, 0.717) is 16.6 Å². The van der Waals surface area contributed by atoms with Crippen molar-refractivity contribution in [3.05, 3.63) is 70.1 Å². The lowest BCUT2D eigenvalue weighted by atomic mass is 10.1. The van der Waals surface area contributed by atoms with Gasteiger partial charge in [-0.05, 0) is 31.2 Å². The highest BCUT2D eigenvalue weighted by Crippen LogP contribution is 2.21. The molecule has 3 heteroatoms. The van der Waals surface area contributed by atoms with Gasteiger partial charge in [-0.15, -0.1) is 0 Å². The molecule has 1 aromatic heterocycles. The van der Waals surface area contributed by atoms with Crippen molar-refractivity contribution in [3.63, 3.8) is 0 Å². The molecule has 0 aliphatic carbocycles. The molecule has 0 radical (unpaired) electrons. The van der Waals surface area contributed by atoms with Crippen LogP contribution in [0.1, 0.15) is 5.56 Å². The highest BCUT2D eigenvalue weighted by molar-refractivity contribution is 5.82. The van der Waals surface area contributed by atoms with Crippen LogP contribution >= 0.6 is 0 Å². The third kappa shape index (κ3) is 2.03. The van der Waals surface area contributed by atoms with Crippen molar-refractivity contribution in [2.45, 2.75) is 6.92 Å². The number of benzene rings is 2. The largest absolute Gasteiger partial charge is 0.354 e. The van der Waals surface area contributed by atoms with E-state index in [9.17, 15) is 9.18 Å². The summed E-state index contributed by atoms with van der Waals surface area (Å²) in [4.78, 5) is 15.2. The lowest BCUT2D eigenvalue weighted by molar-refractivity contribution is 0.631.